The molecule has 0 aliphatic carbocycles. The van der Waals surface area contributed by atoms with E-state index in [0.29, 0.717) is 37.0 Å². The van der Waals surface area contributed by atoms with Crippen molar-refractivity contribution in [2.24, 2.45) is 0 Å². The first-order valence-electron chi connectivity index (χ1n) is 7.26. The number of likely N-dealkylation sites (tertiary alicyclic amines) is 1. The molecule has 1 saturated heterocycles. The van der Waals surface area contributed by atoms with Gasteiger partial charge in [0.05, 0.1) is 12.1 Å². The number of amides is 3. The van der Waals surface area contributed by atoms with Crippen LogP contribution < -0.4 is 10.6 Å². The van der Waals surface area contributed by atoms with E-state index in [2.05, 4.69) is 15.6 Å². The fraction of sp³-hybridized carbons (Fsp3) is 0.643. The molecule has 8 nitrogen and oxygen atoms in total. The lowest BCUT2D eigenvalue weighted by Crippen LogP contribution is -2.48. The van der Waals surface area contributed by atoms with Crippen LogP contribution in [0.15, 0.2) is 4.42 Å². The van der Waals surface area contributed by atoms with E-state index in [4.69, 9.17) is 9.15 Å². The van der Waals surface area contributed by atoms with Gasteiger partial charge in [-0.3, -0.25) is 4.79 Å². The number of ether oxygens (including phenoxy) is 1. The van der Waals surface area contributed by atoms with Crippen LogP contribution in [0, 0.1) is 13.8 Å². The summed E-state index contributed by atoms with van der Waals surface area (Å²) in [6.45, 7) is 6.56. The van der Waals surface area contributed by atoms with Crippen LogP contribution in [0.25, 0.3) is 0 Å². The summed E-state index contributed by atoms with van der Waals surface area (Å²) in [5, 5.41) is 5.49. The number of carbonyl (C=O) groups excluding carboxylic acids is 2. The van der Waals surface area contributed by atoms with E-state index < -0.39 is 0 Å². The number of aromatic nitrogens is 1. The maximum absolute atomic E-state index is 12.5. The molecule has 2 rings (SSSR count). The molecule has 0 aromatic carbocycles. The molecule has 0 saturated carbocycles. The van der Waals surface area contributed by atoms with Crippen molar-refractivity contribution in [3.8, 4) is 0 Å². The standard InChI is InChI=1S/C14H22N4O4/c1-5-15-14(20)17-10-6-18(7-11(10)21-4)13(19)12-8(2)22-9(3)16-12/h10-11H,5-7H2,1-4H3,(H2,15,17,20)/t10-,11-/m1/s1. The normalized spacial score (nSPS) is 21.0. The second-order valence-corrected chi connectivity index (χ2v) is 5.23. The minimum Gasteiger partial charge on any atom is -0.445 e. The molecule has 0 bridgehead atoms. The Bertz CT molecular complexity index is 557. The summed E-state index contributed by atoms with van der Waals surface area (Å²) in [5.41, 5.74) is 0.311. The molecule has 1 aromatic rings. The lowest BCUT2D eigenvalue weighted by molar-refractivity contribution is 0.0704. The molecule has 0 unspecified atom stereocenters. The Morgan fingerprint density at radius 2 is 2.14 bits per heavy atom. The number of aryl methyl sites for hydroxylation is 2. The van der Waals surface area contributed by atoms with Crippen LogP contribution >= 0.6 is 0 Å². The maximum Gasteiger partial charge on any atom is 0.315 e. The summed E-state index contributed by atoms with van der Waals surface area (Å²) >= 11 is 0. The Kier molecular flexibility index (Phi) is 5.02. The second kappa shape index (κ2) is 6.78. The van der Waals surface area contributed by atoms with Crippen LogP contribution in [0.4, 0.5) is 4.79 Å². The zero-order chi connectivity index (χ0) is 16.3. The Labute approximate surface area is 129 Å². The molecule has 0 radical (unpaired) electrons. The first kappa shape index (κ1) is 16.3. The third-order valence-corrected chi connectivity index (χ3v) is 3.62. The van der Waals surface area contributed by atoms with E-state index >= 15 is 0 Å². The molecule has 0 spiro atoms. The largest absolute Gasteiger partial charge is 0.445 e. The first-order chi connectivity index (χ1) is 10.5. The fourth-order valence-corrected chi connectivity index (χ4v) is 2.57. The number of hydrogen-bond acceptors (Lipinski definition) is 5. The van der Waals surface area contributed by atoms with Crippen molar-refractivity contribution in [1.82, 2.24) is 20.5 Å². The summed E-state index contributed by atoms with van der Waals surface area (Å²) in [6.07, 6.45) is -0.250. The molecule has 2 heterocycles. The van der Waals surface area contributed by atoms with E-state index in [-0.39, 0.29) is 24.1 Å². The van der Waals surface area contributed by atoms with Gasteiger partial charge in [-0.05, 0) is 13.8 Å². The number of carbonyl (C=O) groups is 2. The van der Waals surface area contributed by atoms with Crippen LogP contribution in [-0.2, 0) is 4.74 Å². The Hall–Kier alpha value is -2.09. The molecule has 22 heavy (non-hydrogen) atoms. The zero-order valence-corrected chi connectivity index (χ0v) is 13.3. The maximum atomic E-state index is 12.5. The highest BCUT2D eigenvalue weighted by molar-refractivity contribution is 5.93. The van der Waals surface area contributed by atoms with Gasteiger partial charge in [0.25, 0.3) is 5.91 Å². The summed E-state index contributed by atoms with van der Waals surface area (Å²) in [6, 6.07) is -0.522. The topological polar surface area (TPSA) is 96.7 Å². The van der Waals surface area contributed by atoms with Gasteiger partial charge in [0.1, 0.15) is 5.76 Å². The number of nitrogens with zero attached hydrogens (tertiary/aromatic N) is 2. The highest BCUT2D eigenvalue weighted by atomic mass is 16.5. The van der Waals surface area contributed by atoms with E-state index in [1.165, 1.54) is 0 Å². The fourth-order valence-electron chi connectivity index (χ4n) is 2.57. The van der Waals surface area contributed by atoms with Gasteiger partial charge in [-0.1, -0.05) is 0 Å². The number of hydrogen-bond donors (Lipinski definition) is 2. The highest BCUT2D eigenvalue weighted by Gasteiger charge is 2.37. The van der Waals surface area contributed by atoms with Crippen molar-refractivity contribution in [3.63, 3.8) is 0 Å². The summed E-state index contributed by atoms with van der Waals surface area (Å²) in [5.74, 6) is 0.744. The molecule has 3 amide bonds. The highest BCUT2D eigenvalue weighted by Crippen LogP contribution is 2.18. The molecule has 1 aromatic heterocycles. The SMILES string of the molecule is CCNC(=O)N[C@@H]1CN(C(=O)c2nc(C)oc2C)C[C@H]1OC. The molecule has 8 heteroatoms. The number of urea groups is 1. The van der Waals surface area contributed by atoms with Crippen molar-refractivity contribution >= 4 is 11.9 Å². The number of methoxy groups -OCH3 is 1. The summed E-state index contributed by atoms with van der Waals surface area (Å²) in [7, 11) is 1.57. The second-order valence-electron chi connectivity index (χ2n) is 5.23. The van der Waals surface area contributed by atoms with E-state index in [1.54, 1.807) is 25.9 Å². The van der Waals surface area contributed by atoms with Crippen molar-refractivity contribution in [2.45, 2.75) is 32.9 Å². The predicted octanol–water partition coefficient (Wildman–Crippen LogP) is 0.450. The average molecular weight is 310 g/mol. The molecule has 1 aliphatic rings. The Morgan fingerprint density at radius 3 is 2.68 bits per heavy atom. The van der Waals surface area contributed by atoms with Gasteiger partial charge >= 0.3 is 6.03 Å². The van der Waals surface area contributed by atoms with Crippen LogP contribution in [0.1, 0.15) is 29.1 Å². The monoisotopic (exact) mass is 310 g/mol. The summed E-state index contributed by atoms with van der Waals surface area (Å²) < 4.78 is 10.7. The van der Waals surface area contributed by atoms with Crippen LogP contribution in [0.2, 0.25) is 0 Å². The van der Waals surface area contributed by atoms with Crippen LogP contribution in [0.5, 0.6) is 0 Å². The van der Waals surface area contributed by atoms with Gasteiger partial charge in [0.2, 0.25) is 0 Å². The summed E-state index contributed by atoms with van der Waals surface area (Å²) in [4.78, 5) is 29.9. The van der Waals surface area contributed by atoms with Crippen molar-refractivity contribution in [2.75, 3.05) is 26.7 Å². The Morgan fingerprint density at radius 1 is 1.41 bits per heavy atom. The minimum absolute atomic E-state index is 0.211. The average Bonchev–Trinajstić information content (AvgIpc) is 3.01. The number of oxazole rings is 1. The Balaban J connectivity index is 2.06. The first-order valence-corrected chi connectivity index (χ1v) is 7.26. The van der Waals surface area contributed by atoms with Gasteiger partial charge in [-0.15, -0.1) is 0 Å². The van der Waals surface area contributed by atoms with Gasteiger partial charge in [0, 0.05) is 33.7 Å². The minimum atomic E-state index is -0.266. The third-order valence-electron chi connectivity index (χ3n) is 3.62. The molecular formula is C14H22N4O4. The van der Waals surface area contributed by atoms with Gasteiger partial charge < -0.3 is 24.7 Å². The van der Waals surface area contributed by atoms with Crippen LogP contribution in [0.3, 0.4) is 0 Å². The number of rotatable bonds is 4. The predicted molar refractivity (Wildman–Crippen MR) is 78.7 cm³/mol. The van der Waals surface area contributed by atoms with E-state index in [0.717, 1.165) is 0 Å². The molecule has 2 N–H and O–H groups in total. The molecule has 2 atom stereocenters. The van der Waals surface area contributed by atoms with Crippen molar-refractivity contribution in [3.05, 3.63) is 17.3 Å². The molecule has 122 valence electrons. The molecule has 1 aliphatic heterocycles. The lowest BCUT2D eigenvalue weighted by atomic mass is 10.2. The van der Waals surface area contributed by atoms with Crippen molar-refractivity contribution < 1.29 is 18.7 Å². The molecule has 1 fully saturated rings. The van der Waals surface area contributed by atoms with E-state index in [9.17, 15) is 9.59 Å². The zero-order valence-electron chi connectivity index (χ0n) is 13.3. The number of nitrogens with one attached hydrogen (secondary N) is 2. The van der Waals surface area contributed by atoms with Crippen LogP contribution in [-0.4, -0.2) is 60.7 Å². The van der Waals surface area contributed by atoms with Gasteiger partial charge in [0.15, 0.2) is 11.6 Å². The lowest BCUT2D eigenvalue weighted by Gasteiger charge is -2.18. The smallest absolute Gasteiger partial charge is 0.315 e. The van der Waals surface area contributed by atoms with Gasteiger partial charge in [-0.2, -0.15) is 0 Å². The van der Waals surface area contributed by atoms with E-state index in [1.807, 2.05) is 6.92 Å². The third kappa shape index (κ3) is 3.38. The quantitative estimate of drug-likeness (QED) is 0.841. The molecular weight excluding hydrogens is 288 g/mol. The van der Waals surface area contributed by atoms with Gasteiger partial charge in [-0.25, -0.2) is 9.78 Å². The van der Waals surface area contributed by atoms with Crippen molar-refractivity contribution in [1.29, 1.82) is 0 Å².